The first-order chi connectivity index (χ1) is 9.21. The third kappa shape index (κ3) is 5.74. The van der Waals surface area contributed by atoms with Gasteiger partial charge in [0.05, 0.1) is 26.3 Å². The van der Waals surface area contributed by atoms with E-state index in [-0.39, 0.29) is 0 Å². The minimum Gasteiger partial charge on any atom is -0.463 e. The molecule has 5 nitrogen and oxygen atoms in total. The molecule has 19 heavy (non-hydrogen) atoms. The van der Waals surface area contributed by atoms with Crippen molar-refractivity contribution in [3.8, 4) is 0 Å². The first-order valence-corrected chi connectivity index (χ1v) is 6.65. The highest BCUT2D eigenvalue weighted by Crippen LogP contribution is 2.12. The molecular weight excluding hydrogens is 244 g/mol. The number of hydrogen-bond acceptors (Lipinski definition) is 5. The molecule has 1 N–H and O–H groups in total. The van der Waals surface area contributed by atoms with E-state index in [4.69, 9.17) is 13.9 Å². The number of nitrogens with zero attached hydrogens (tertiary/aromatic N) is 1. The standard InChI is InChI=1S/C14H26N2O3/c1-12(11-18-4)16(7-8-17-3)10-14-6-5-13(19-14)9-15-2/h5-6,12,15H,7-11H2,1-4H3. The highest BCUT2D eigenvalue weighted by molar-refractivity contribution is 5.07. The zero-order chi connectivity index (χ0) is 14.1. The fourth-order valence-electron chi connectivity index (χ4n) is 1.99. The van der Waals surface area contributed by atoms with Crippen LogP contribution in [-0.4, -0.2) is 52.0 Å². The molecule has 0 amide bonds. The van der Waals surface area contributed by atoms with E-state index in [1.165, 1.54) is 0 Å². The number of nitrogens with one attached hydrogen (secondary N) is 1. The molecular formula is C14H26N2O3. The van der Waals surface area contributed by atoms with Crippen molar-refractivity contribution in [2.45, 2.75) is 26.1 Å². The van der Waals surface area contributed by atoms with Gasteiger partial charge in [-0.1, -0.05) is 0 Å². The lowest BCUT2D eigenvalue weighted by Gasteiger charge is -2.27. The second kappa shape index (κ2) is 9.09. The Bertz CT molecular complexity index is 341. The van der Waals surface area contributed by atoms with E-state index in [1.54, 1.807) is 14.2 Å². The maximum Gasteiger partial charge on any atom is 0.118 e. The summed E-state index contributed by atoms with van der Waals surface area (Å²) in [6, 6.07) is 4.38. The molecule has 1 atom stereocenters. The summed E-state index contributed by atoms with van der Waals surface area (Å²) in [6.45, 7) is 5.95. The third-order valence-corrected chi connectivity index (χ3v) is 3.04. The van der Waals surface area contributed by atoms with E-state index in [1.807, 2.05) is 19.2 Å². The lowest BCUT2D eigenvalue weighted by Crippen LogP contribution is -2.37. The molecule has 0 aliphatic carbocycles. The summed E-state index contributed by atoms with van der Waals surface area (Å²) in [5.74, 6) is 1.94. The Morgan fingerprint density at radius 3 is 2.63 bits per heavy atom. The number of furan rings is 1. The average molecular weight is 270 g/mol. The summed E-state index contributed by atoms with van der Waals surface area (Å²) in [4.78, 5) is 2.30. The van der Waals surface area contributed by atoms with Gasteiger partial charge in [-0.15, -0.1) is 0 Å². The van der Waals surface area contributed by atoms with Crippen LogP contribution in [0.25, 0.3) is 0 Å². The molecule has 0 fully saturated rings. The molecule has 110 valence electrons. The summed E-state index contributed by atoms with van der Waals surface area (Å²) >= 11 is 0. The van der Waals surface area contributed by atoms with Crippen molar-refractivity contribution in [3.05, 3.63) is 23.7 Å². The number of rotatable bonds is 10. The SMILES string of the molecule is CNCc1ccc(CN(CCOC)C(C)COC)o1. The summed E-state index contributed by atoms with van der Waals surface area (Å²) in [6.07, 6.45) is 0. The zero-order valence-corrected chi connectivity index (χ0v) is 12.4. The second-order valence-corrected chi connectivity index (χ2v) is 4.67. The van der Waals surface area contributed by atoms with Crippen LogP contribution in [-0.2, 0) is 22.6 Å². The summed E-state index contributed by atoms with van der Waals surface area (Å²) in [7, 11) is 5.35. The summed E-state index contributed by atoms with van der Waals surface area (Å²) in [5.41, 5.74) is 0. The minimum absolute atomic E-state index is 0.331. The van der Waals surface area contributed by atoms with Crippen LogP contribution in [0.1, 0.15) is 18.4 Å². The average Bonchev–Trinajstić information content (AvgIpc) is 2.82. The van der Waals surface area contributed by atoms with E-state index < -0.39 is 0 Å². The fraction of sp³-hybridized carbons (Fsp3) is 0.714. The van der Waals surface area contributed by atoms with Crippen molar-refractivity contribution >= 4 is 0 Å². The highest BCUT2D eigenvalue weighted by atomic mass is 16.5. The molecule has 1 aromatic rings. The maximum atomic E-state index is 5.78. The minimum atomic E-state index is 0.331. The largest absolute Gasteiger partial charge is 0.463 e. The molecule has 0 radical (unpaired) electrons. The molecule has 0 aliphatic heterocycles. The van der Waals surface area contributed by atoms with Gasteiger partial charge in [-0.3, -0.25) is 4.90 Å². The summed E-state index contributed by atoms with van der Waals surface area (Å²) < 4.78 is 16.2. The van der Waals surface area contributed by atoms with Crippen molar-refractivity contribution in [3.63, 3.8) is 0 Å². The molecule has 0 aromatic carbocycles. The first kappa shape index (κ1) is 16.2. The van der Waals surface area contributed by atoms with Crippen molar-refractivity contribution in [1.82, 2.24) is 10.2 Å². The zero-order valence-electron chi connectivity index (χ0n) is 12.4. The molecule has 0 spiro atoms. The molecule has 0 bridgehead atoms. The Hall–Kier alpha value is -0.880. The molecule has 1 unspecified atom stereocenters. The van der Waals surface area contributed by atoms with Crippen LogP contribution in [0.5, 0.6) is 0 Å². The Morgan fingerprint density at radius 2 is 2.00 bits per heavy atom. The molecule has 1 aromatic heterocycles. The van der Waals surface area contributed by atoms with Crippen LogP contribution in [0.4, 0.5) is 0 Å². The van der Waals surface area contributed by atoms with Gasteiger partial charge in [-0.05, 0) is 26.1 Å². The maximum absolute atomic E-state index is 5.78. The van der Waals surface area contributed by atoms with Gasteiger partial charge in [-0.25, -0.2) is 0 Å². The third-order valence-electron chi connectivity index (χ3n) is 3.04. The van der Waals surface area contributed by atoms with Crippen LogP contribution < -0.4 is 5.32 Å². The quantitative estimate of drug-likeness (QED) is 0.698. The van der Waals surface area contributed by atoms with E-state index >= 15 is 0 Å². The van der Waals surface area contributed by atoms with Gasteiger partial charge in [0.15, 0.2) is 0 Å². The van der Waals surface area contributed by atoms with Crippen LogP contribution in [0.15, 0.2) is 16.5 Å². The van der Waals surface area contributed by atoms with Crippen molar-refractivity contribution in [2.75, 3.05) is 41.0 Å². The normalized spacial score (nSPS) is 13.1. The van der Waals surface area contributed by atoms with Gasteiger partial charge in [0.25, 0.3) is 0 Å². The van der Waals surface area contributed by atoms with E-state index in [0.717, 1.165) is 31.2 Å². The van der Waals surface area contributed by atoms with E-state index in [9.17, 15) is 0 Å². The van der Waals surface area contributed by atoms with Gasteiger partial charge < -0.3 is 19.2 Å². The molecule has 1 heterocycles. The fourth-order valence-corrected chi connectivity index (χ4v) is 1.99. The summed E-state index contributed by atoms with van der Waals surface area (Å²) in [5, 5.41) is 3.08. The van der Waals surface area contributed by atoms with Crippen LogP contribution in [0, 0.1) is 0 Å². The van der Waals surface area contributed by atoms with Crippen LogP contribution in [0.2, 0.25) is 0 Å². The predicted octanol–water partition coefficient (Wildman–Crippen LogP) is 1.48. The molecule has 5 heteroatoms. The smallest absolute Gasteiger partial charge is 0.118 e. The van der Waals surface area contributed by atoms with E-state index in [2.05, 4.69) is 17.1 Å². The second-order valence-electron chi connectivity index (χ2n) is 4.67. The topological polar surface area (TPSA) is 46.9 Å². The number of hydrogen-bond donors (Lipinski definition) is 1. The van der Waals surface area contributed by atoms with E-state index in [0.29, 0.717) is 19.3 Å². The molecule has 0 aliphatic rings. The van der Waals surface area contributed by atoms with Gasteiger partial charge >= 0.3 is 0 Å². The highest BCUT2D eigenvalue weighted by Gasteiger charge is 2.15. The van der Waals surface area contributed by atoms with Gasteiger partial charge in [-0.2, -0.15) is 0 Å². The number of methoxy groups -OCH3 is 2. The Balaban J connectivity index is 2.58. The number of ether oxygens (including phenoxy) is 2. The van der Waals surface area contributed by atoms with Crippen molar-refractivity contribution < 1.29 is 13.9 Å². The predicted molar refractivity (Wildman–Crippen MR) is 75.1 cm³/mol. The monoisotopic (exact) mass is 270 g/mol. The lowest BCUT2D eigenvalue weighted by molar-refractivity contribution is 0.0661. The Kier molecular flexibility index (Phi) is 7.74. The van der Waals surface area contributed by atoms with Gasteiger partial charge in [0.2, 0.25) is 0 Å². The van der Waals surface area contributed by atoms with Crippen LogP contribution >= 0.6 is 0 Å². The van der Waals surface area contributed by atoms with Crippen LogP contribution in [0.3, 0.4) is 0 Å². The molecule has 0 saturated heterocycles. The van der Waals surface area contributed by atoms with Gasteiger partial charge in [0.1, 0.15) is 11.5 Å². The Labute approximate surface area is 115 Å². The molecule has 1 rings (SSSR count). The lowest BCUT2D eigenvalue weighted by atomic mass is 10.2. The Morgan fingerprint density at radius 1 is 1.26 bits per heavy atom. The molecule has 0 saturated carbocycles. The van der Waals surface area contributed by atoms with Crippen molar-refractivity contribution in [1.29, 1.82) is 0 Å². The first-order valence-electron chi connectivity index (χ1n) is 6.65. The van der Waals surface area contributed by atoms with Gasteiger partial charge in [0, 0.05) is 26.8 Å². The van der Waals surface area contributed by atoms with Crippen molar-refractivity contribution in [2.24, 2.45) is 0 Å².